The van der Waals surface area contributed by atoms with Gasteiger partial charge in [0.1, 0.15) is 0 Å². The highest BCUT2D eigenvalue weighted by Crippen LogP contribution is 2.39. The molecule has 0 radical (unpaired) electrons. The van der Waals surface area contributed by atoms with Gasteiger partial charge in [0.2, 0.25) is 0 Å². The Balaban J connectivity index is 1.28. The van der Waals surface area contributed by atoms with Crippen molar-refractivity contribution >= 4 is 65.3 Å². The Hall–Kier alpha value is -7.04. The van der Waals surface area contributed by atoms with Crippen molar-refractivity contribution in [1.29, 1.82) is 0 Å². The van der Waals surface area contributed by atoms with Crippen LogP contribution in [0.2, 0.25) is 0 Å². The van der Waals surface area contributed by atoms with Gasteiger partial charge in [-0.05, 0) is 53.9 Å². The van der Waals surface area contributed by atoms with Gasteiger partial charge in [-0.25, -0.2) is 9.97 Å². The predicted molar refractivity (Wildman–Crippen MR) is 217 cm³/mol. The zero-order chi connectivity index (χ0) is 34.2. The second-order valence-corrected chi connectivity index (χ2v) is 13.4. The smallest absolute Gasteiger partial charge is 0.160 e. The van der Waals surface area contributed by atoms with E-state index in [0.717, 1.165) is 71.9 Å². The van der Waals surface area contributed by atoms with Gasteiger partial charge in [-0.3, -0.25) is 0 Å². The normalized spacial score (nSPS) is 11.8. The Morgan fingerprint density at radius 3 is 1.33 bits per heavy atom. The SMILES string of the molecule is c1ccc(-c2nc(-c3cc(-n4c5ccccc5c5ccccc54)cc(-n4c5ccccc5c5ccccc54)c3)nc3c2ccc2ccccc23)cc1. The highest BCUT2D eigenvalue weighted by molar-refractivity contribution is 6.12. The number of hydrogen-bond acceptors (Lipinski definition) is 2. The Kier molecular flexibility index (Phi) is 6.22. The molecule has 0 unspecified atom stereocenters. The summed E-state index contributed by atoms with van der Waals surface area (Å²) in [7, 11) is 0. The number of hydrogen-bond donors (Lipinski definition) is 0. The van der Waals surface area contributed by atoms with Crippen LogP contribution in [0.15, 0.2) is 182 Å². The van der Waals surface area contributed by atoms with Crippen molar-refractivity contribution in [2.24, 2.45) is 0 Å². The summed E-state index contributed by atoms with van der Waals surface area (Å²) in [6.07, 6.45) is 0. The minimum atomic E-state index is 0.687. The summed E-state index contributed by atoms with van der Waals surface area (Å²) in [6.45, 7) is 0. The van der Waals surface area contributed by atoms with Crippen LogP contribution in [0.5, 0.6) is 0 Å². The van der Waals surface area contributed by atoms with Crippen molar-refractivity contribution in [2.75, 3.05) is 0 Å². The molecule has 11 aromatic rings. The van der Waals surface area contributed by atoms with Crippen LogP contribution >= 0.6 is 0 Å². The van der Waals surface area contributed by atoms with E-state index in [-0.39, 0.29) is 0 Å². The molecular weight excluding hydrogens is 633 g/mol. The van der Waals surface area contributed by atoms with Crippen molar-refractivity contribution in [3.8, 4) is 34.0 Å². The fourth-order valence-electron chi connectivity index (χ4n) is 8.19. The van der Waals surface area contributed by atoms with E-state index in [1.54, 1.807) is 0 Å². The van der Waals surface area contributed by atoms with E-state index >= 15 is 0 Å². The van der Waals surface area contributed by atoms with Crippen LogP contribution in [0.4, 0.5) is 0 Å². The van der Waals surface area contributed by atoms with E-state index in [1.165, 1.54) is 21.5 Å². The van der Waals surface area contributed by atoms with Crippen LogP contribution in [0, 0.1) is 0 Å². The van der Waals surface area contributed by atoms with Crippen LogP contribution in [0.1, 0.15) is 0 Å². The van der Waals surface area contributed by atoms with Crippen LogP contribution in [0.25, 0.3) is 99.3 Å². The number of para-hydroxylation sites is 4. The molecule has 0 saturated heterocycles. The predicted octanol–water partition coefficient (Wildman–Crippen LogP) is 12.3. The quantitative estimate of drug-likeness (QED) is 0.176. The Morgan fingerprint density at radius 2 is 0.788 bits per heavy atom. The lowest BCUT2D eigenvalue weighted by Gasteiger charge is -2.16. The topological polar surface area (TPSA) is 35.6 Å². The van der Waals surface area contributed by atoms with Crippen molar-refractivity contribution < 1.29 is 0 Å². The molecule has 0 saturated carbocycles. The molecule has 0 bridgehead atoms. The largest absolute Gasteiger partial charge is 0.309 e. The molecule has 4 heteroatoms. The van der Waals surface area contributed by atoms with Crippen LogP contribution < -0.4 is 0 Å². The van der Waals surface area contributed by atoms with Crippen molar-refractivity contribution in [3.63, 3.8) is 0 Å². The molecule has 0 amide bonds. The summed E-state index contributed by atoms with van der Waals surface area (Å²) < 4.78 is 4.78. The average Bonchev–Trinajstić information content (AvgIpc) is 3.74. The van der Waals surface area contributed by atoms with Crippen LogP contribution in [0.3, 0.4) is 0 Å². The van der Waals surface area contributed by atoms with Gasteiger partial charge in [0.05, 0.1) is 33.3 Å². The minimum Gasteiger partial charge on any atom is -0.309 e. The molecule has 0 fully saturated rings. The molecule has 0 atom stereocenters. The Bertz CT molecular complexity index is 2950. The molecule has 0 aliphatic heterocycles. The molecule has 0 N–H and O–H groups in total. The highest BCUT2D eigenvalue weighted by atomic mass is 15.0. The van der Waals surface area contributed by atoms with Gasteiger partial charge in [-0.1, -0.05) is 133 Å². The second kappa shape index (κ2) is 11.2. The van der Waals surface area contributed by atoms with E-state index < -0.39 is 0 Å². The fraction of sp³-hybridized carbons (Fsp3) is 0. The molecule has 11 rings (SSSR count). The van der Waals surface area contributed by atoms with Crippen molar-refractivity contribution in [2.45, 2.75) is 0 Å². The molecular formula is C48H30N4. The zero-order valence-corrected chi connectivity index (χ0v) is 28.1. The van der Waals surface area contributed by atoms with E-state index in [2.05, 4.69) is 191 Å². The summed E-state index contributed by atoms with van der Waals surface area (Å²) in [5.74, 6) is 0.687. The third kappa shape index (κ3) is 4.28. The number of rotatable bonds is 4. The lowest BCUT2D eigenvalue weighted by molar-refractivity contribution is 1.13. The molecule has 4 nitrogen and oxygen atoms in total. The standard InChI is InChI=1S/C48H30N4/c1-2-15-32(16-3-1)46-41-27-26-31-14-4-5-17-36(31)47(41)50-48(49-46)33-28-34(51-42-22-10-6-18-37(42)38-19-7-11-23-43(38)51)30-35(29-33)52-44-24-12-8-20-39(44)40-21-9-13-25-45(40)52/h1-30H. The maximum absolute atomic E-state index is 5.42. The third-order valence-corrected chi connectivity index (χ3v) is 10.5. The number of fused-ring (bicyclic) bond motifs is 9. The van der Waals surface area contributed by atoms with Gasteiger partial charge >= 0.3 is 0 Å². The molecule has 0 aliphatic rings. The lowest BCUT2D eigenvalue weighted by Crippen LogP contribution is -2.02. The van der Waals surface area contributed by atoms with Gasteiger partial charge < -0.3 is 9.13 Å². The molecule has 3 aromatic heterocycles. The monoisotopic (exact) mass is 662 g/mol. The van der Waals surface area contributed by atoms with Crippen LogP contribution in [-0.2, 0) is 0 Å². The van der Waals surface area contributed by atoms with Gasteiger partial charge in [-0.15, -0.1) is 0 Å². The first-order chi connectivity index (χ1) is 25.8. The first kappa shape index (κ1) is 28.8. The van der Waals surface area contributed by atoms with Gasteiger partial charge in [0.25, 0.3) is 0 Å². The first-order valence-electron chi connectivity index (χ1n) is 17.7. The lowest BCUT2D eigenvalue weighted by atomic mass is 10.0. The molecule has 0 aliphatic carbocycles. The van der Waals surface area contributed by atoms with Crippen molar-refractivity contribution in [1.82, 2.24) is 19.1 Å². The van der Waals surface area contributed by atoms with E-state index in [4.69, 9.17) is 9.97 Å². The Labute approximate surface area is 299 Å². The third-order valence-electron chi connectivity index (χ3n) is 10.5. The number of aromatic nitrogens is 4. The van der Waals surface area contributed by atoms with Gasteiger partial charge in [-0.2, -0.15) is 0 Å². The van der Waals surface area contributed by atoms with Gasteiger partial charge in [0.15, 0.2) is 5.82 Å². The molecule has 0 spiro atoms. The second-order valence-electron chi connectivity index (χ2n) is 13.4. The summed E-state index contributed by atoms with van der Waals surface area (Å²) in [6, 6.07) is 64.9. The highest BCUT2D eigenvalue weighted by Gasteiger charge is 2.19. The van der Waals surface area contributed by atoms with Crippen molar-refractivity contribution in [3.05, 3.63) is 182 Å². The molecule has 242 valence electrons. The van der Waals surface area contributed by atoms with E-state index in [0.29, 0.717) is 5.82 Å². The summed E-state index contributed by atoms with van der Waals surface area (Å²) in [5, 5.41) is 8.20. The van der Waals surface area contributed by atoms with Gasteiger partial charge in [0, 0.05) is 54.8 Å². The summed E-state index contributed by atoms with van der Waals surface area (Å²) in [5.41, 5.74) is 10.6. The van der Waals surface area contributed by atoms with E-state index in [1.807, 2.05) is 0 Å². The summed E-state index contributed by atoms with van der Waals surface area (Å²) >= 11 is 0. The fourth-order valence-corrected chi connectivity index (χ4v) is 8.19. The van der Waals surface area contributed by atoms with E-state index in [9.17, 15) is 0 Å². The molecule has 3 heterocycles. The van der Waals surface area contributed by atoms with Crippen LogP contribution in [-0.4, -0.2) is 19.1 Å². The maximum Gasteiger partial charge on any atom is 0.160 e. The minimum absolute atomic E-state index is 0.687. The summed E-state index contributed by atoms with van der Waals surface area (Å²) in [4.78, 5) is 10.8. The first-order valence-corrected chi connectivity index (χ1v) is 17.7. The molecule has 52 heavy (non-hydrogen) atoms. The number of nitrogens with zero attached hydrogens (tertiary/aromatic N) is 4. The zero-order valence-electron chi connectivity index (χ0n) is 28.1. The number of benzene rings is 8. The molecule has 8 aromatic carbocycles. The maximum atomic E-state index is 5.42. The Morgan fingerprint density at radius 1 is 0.327 bits per heavy atom. The average molecular weight is 663 g/mol.